The molecule has 1 aliphatic rings. The third-order valence-corrected chi connectivity index (χ3v) is 2.59. The average Bonchev–Trinajstić information content (AvgIpc) is 2.05. The first-order chi connectivity index (χ1) is 5.72. The summed E-state index contributed by atoms with van der Waals surface area (Å²) < 4.78 is 5.20. The number of carboxylic acid groups (broad SMARTS) is 1. The molecule has 72 valence electrons. The van der Waals surface area contributed by atoms with Crippen LogP contribution in [0.1, 0.15) is 33.5 Å². The van der Waals surface area contributed by atoms with Gasteiger partial charge in [-0.05, 0) is 31.6 Å². The van der Waals surface area contributed by atoms with E-state index in [0.29, 0.717) is 18.4 Å². The van der Waals surface area contributed by atoms with Crippen LogP contribution in [-0.4, -0.2) is 24.3 Å². The zero-order valence-electron chi connectivity index (χ0n) is 9.45. The van der Waals surface area contributed by atoms with E-state index >= 15 is 0 Å². The fraction of sp³-hybridized carbons (Fsp3) is 0.889. The molecule has 0 heterocycles. The molecule has 0 aliphatic heterocycles. The Labute approximate surface area is 123 Å². The van der Waals surface area contributed by atoms with Gasteiger partial charge in [0.1, 0.15) is 0 Å². The van der Waals surface area contributed by atoms with Gasteiger partial charge in [-0.3, -0.25) is 4.79 Å². The van der Waals surface area contributed by atoms with Gasteiger partial charge in [-0.15, -0.1) is 0 Å². The molecule has 1 rings (SSSR count). The summed E-state index contributed by atoms with van der Waals surface area (Å²) in [6.07, 6.45) is 4.75. The van der Waals surface area contributed by atoms with Gasteiger partial charge in [0.25, 0.3) is 0 Å². The third-order valence-electron chi connectivity index (χ3n) is 2.59. The molecule has 1 fully saturated rings. The number of rotatable bonds is 3. The van der Waals surface area contributed by atoms with Gasteiger partial charge in [0.05, 0.1) is 6.10 Å². The van der Waals surface area contributed by atoms with E-state index in [4.69, 9.17) is 9.84 Å². The minimum Gasteiger partial charge on any atom is -1.00 e. The summed E-state index contributed by atoms with van der Waals surface area (Å²) in [5.41, 5.74) is 0. The van der Waals surface area contributed by atoms with Gasteiger partial charge in [-0.1, -0.05) is 0 Å². The molecular weight excluding hydrogens is 195 g/mol. The Morgan fingerprint density at radius 2 is 2.00 bits per heavy atom. The molecule has 0 aromatic heterocycles. The van der Waals surface area contributed by atoms with E-state index in [1.807, 2.05) is 0 Å². The van der Waals surface area contributed by atoms with Crippen LogP contribution in [0.2, 0.25) is 0 Å². The van der Waals surface area contributed by atoms with Gasteiger partial charge in [-0.25, -0.2) is 0 Å². The maximum atomic E-state index is 10.4. The van der Waals surface area contributed by atoms with E-state index in [0.717, 1.165) is 25.7 Å². The first-order valence-corrected chi connectivity index (χ1v) is 4.47. The van der Waals surface area contributed by atoms with E-state index in [1.165, 1.54) is 0 Å². The van der Waals surface area contributed by atoms with Gasteiger partial charge in [0.15, 0.2) is 0 Å². The summed E-state index contributed by atoms with van der Waals surface area (Å²) in [7, 11) is 1.72. The van der Waals surface area contributed by atoms with Crippen molar-refractivity contribution >= 4 is 5.97 Å². The predicted octanol–water partition coefficient (Wildman–Crippen LogP) is -1.22. The molecule has 13 heavy (non-hydrogen) atoms. The number of hydrogen-bond acceptors (Lipinski definition) is 2. The van der Waals surface area contributed by atoms with Crippen LogP contribution >= 0.6 is 0 Å². The van der Waals surface area contributed by atoms with Crippen LogP contribution < -0.4 is 51.4 Å². The minimum absolute atomic E-state index is 0. The number of carbonyl (C=O) groups is 1. The normalized spacial score (nSPS) is 27.8. The van der Waals surface area contributed by atoms with Crippen molar-refractivity contribution in [2.75, 3.05) is 7.11 Å². The second kappa shape index (κ2) is 7.37. The molecule has 0 amide bonds. The van der Waals surface area contributed by atoms with E-state index in [1.54, 1.807) is 7.11 Å². The molecule has 1 saturated carbocycles. The topological polar surface area (TPSA) is 46.5 Å². The Morgan fingerprint density at radius 1 is 1.46 bits per heavy atom. The largest absolute Gasteiger partial charge is 1.00 e. The van der Waals surface area contributed by atoms with E-state index in [-0.39, 0.29) is 52.8 Å². The van der Waals surface area contributed by atoms with E-state index in [9.17, 15) is 4.79 Å². The molecule has 0 spiro atoms. The second-order valence-electron chi connectivity index (χ2n) is 3.48. The fourth-order valence-corrected chi connectivity index (χ4v) is 1.82. The van der Waals surface area contributed by atoms with Crippen LogP contribution in [0.25, 0.3) is 0 Å². The van der Waals surface area contributed by atoms with Gasteiger partial charge in [-0.2, -0.15) is 0 Å². The number of hydrogen-bond donors (Lipinski definition) is 1. The number of ether oxygens (including phenoxy) is 1. The summed E-state index contributed by atoms with van der Waals surface area (Å²) in [5, 5.41) is 8.56. The molecule has 0 radical (unpaired) electrons. The van der Waals surface area contributed by atoms with Crippen LogP contribution in [0.4, 0.5) is 0 Å². The van der Waals surface area contributed by atoms with Crippen molar-refractivity contribution in [1.82, 2.24) is 0 Å². The standard InChI is InChI=1S/C9H16O3.K.H/c1-12-8-4-2-7(3-5-8)6-9(10)11;;/h7-8H,2-6H2,1H3,(H,10,11);;/q;+1;-1. The summed E-state index contributed by atoms with van der Waals surface area (Å²) in [4.78, 5) is 10.4. The van der Waals surface area contributed by atoms with Crippen molar-refractivity contribution < 1.29 is 67.4 Å². The molecule has 0 atom stereocenters. The molecule has 0 bridgehead atoms. The molecule has 0 aromatic carbocycles. The molecule has 4 heteroatoms. The molecule has 0 aromatic rings. The van der Waals surface area contributed by atoms with E-state index in [2.05, 4.69) is 0 Å². The van der Waals surface area contributed by atoms with Crippen molar-refractivity contribution in [2.45, 2.75) is 38.2 Å². The predicted molar refractivity (Wildman–Crippen MR) is 46.1 cm³/mol. The Morgan fingerprint density at radius 3 is 2.38 bits per heavy atom. The molecule has 0 unspecified atom stereocenters. The zero-order valence-corrected chi connectivity index (χ0v) is 11.6. The summed E-state index contributed by atoms with van der Waals surface area (Å²) in [6, 6.07) is 0. The Bertz CT molecular complexity index is 158. The van der Waals surface area contributed by atoms with Crippen molar-refractivity contribution in [3.8, 4) is 0 Å². The van der Waals surface area contributed by atoms with Gasteiger partial charge >= 0.3 is 57.4 Å². The molecule has 1 N–H and O–H groups in total. The van der Waals surface area contributed by atoms with Gasteiger partial charge < -0.3 is 11.3 Å². The Balaban J connectivity index is 0. The quantitative estimate of drug-likeness (QED) is 0.597. The van der Waals surface area contributed by atoms with Crippen molar-refractivity contribution in [3.05, 3.63) is 0 Å². The second-order valence-corrected chi connectivity index (χ2v) is 3.48. The smallest absolute Gasteiger partial charge is 1.00 e. The summed E-state index contributed by atoms with van der Waals surface area (Å²) in [6.45, 7) is 0. The number of carboxylic acids is 1. The summed E-state index contributed by atoms with van der Waals surface area (Å²) >= 11 is 0. The van der Waals surface area contributed by atoms with Crippen LogP contribution in [0.15, 0.2) is 0 Å². The van der Waals surface area contributed by atoms with Crippen LogP contribution in [0.5, 0.6) is 0 Å². The average molecular weight is 212 g/mol. The molecular formula is C9H17KO3. The first-order valence-electron chi connectivity index (χ1n) is 4.47. The molecule has 0 saturated heterocycles. The van der Waals surface area contributed by atoms with Crippen molar-refractivity contribution in [1.29, 1.82) is 0 Å². The van der Waals surface area contributed by atoms with Crippen LogP contribution in [-0.2, 0) is 9.53 Å². The monoisotopic (exact) mass is 212 g/mol. The fourth-order valence-electron chi connectivity index (χ4n) is 1.82. The van der Waals surface area contributed by atoms with Crippen molar-refractivity contribution in [2.24, 2.45) is 5.92 Å². The maximum Gasteiger partial charge on any atom is 1.00 e. The van der Waals surface area contributed by atoms with Crippen LogP contribution in [0.3, 0.4) is 0 Å². The van der Waals surface area contributed by atoms with Gasteiger partial charge in [0, 0.05) is 13.5 Å². The number of aliphatic carboxylic acids is 1. The number of methoxy groups -OCH3 is 1. The minimum atomic E-state index is -0.670. The Hall–Kier alpha value is 1.07. The molecule has 1 aliphatic carbocycles. The maximum absolute atomic E-state index is 10.4. The SMILES string of the molecule is COC1CCC(CC(=O)O)CC1.[H-].[K+]. The first kappa shape index (κ1) is 14.1. The van der Waals surface area contributed by atoms with E-state index < -0.39 is 5.97 Å². The summed E-state index contributed by atoms with van der Waals surface area (Å²) in [5.74, 6) is -0.287. The van der Waals surface area contributed by atoms with Crippen LogP contribution in [0, 0.1) is 5.92 Å². The molecule has 3 nitrogen and oxygen atoms in total. The van der Waals surface area contributed by atoms with Gasteiger partial charge in [0.2, 0.25) is 0 Å². The van der Waals surface area contributed by atoms with Crippen molar-refractivity contribution in [3.63, 3.8) is 0 Å². The Kier molecular flexibility index (Phi) is 7.97. The zero-order chi connectivity index (χ0) is 8.97. The third kappa shape index (κ3) is 5.49.